The Morgan fingerprint density at radius 2 is 1.94 bits per heavy atom. The fraction of sp³-hybridized carbons (Fsp3) is 0.391. The summed E-state index contributed by atoms with van der Waals surface area (Å²) in [7, 11) is -2.13. The minimum Gasteiger partial charge on any atom is -0.463 e. The molecule has 0 bridgehead atoms. The summed E-state index contributed by atoms with van der Waals surface area (Å²) < 4.78 is 41.0. The second-order valence-corrected chi connectivity index (χ2v) is 12.0. The molecule has 3 heterocycles. The molecule has 2 amide bonds. The van der Waals surface area contributed by atoms with Gasteiger partial charge in [-0.15, -0.1) is 0 Å². The van der Waals surface area contributed by atoms with Crippen LogP contribution in [0.15, 0.2) is 41.5 Å². The molecule has 13 heteroatoms. The van der Waals surface area contributed by atoms with Crippen LogP contribution in [0.2, 0.25) is 5.02 Å². The molecule has 3 N–H and O–H groups in total. The molecule has 1 unspecified atom stereocenters. The minimum absolute atomic E-state index is 0.0613. The van der Waals surface area contributed by atoms with Crippen LogP contribution in [-0.4, -0.2) is 71.9 Å². The molecule has 2 saturated heterocycles. The molecular weight excluding hydrogens is 513 g/mol. The van der Waals surface area contributed by atoms with Crippen molar-refractivity contribution in [3.05, 3.63) is 58.6 Å². The van der Waals surface area contributed by atoms with Gasteiger partial charge in [-0.05, 0) is 70.2 Å². The van der Waals surface area contributed by atoms with Crippen LogP contribution in [0.5, 0.6) is 0 Å². The summed E-state index contributed by atoms with van der Waals surface area (Å²) in [4.78, 5) is 33.6. The van der Waals surface area contributed by atoms with Gasteiger partial charge in [-0.25, -0.2) is 22.6 Å². The number of carbonyl (C=O) groups is 2. The molecule has 0 radical (unpaired) electrons. The van der Waals surface area contributed by atoms with Gasteiger partial charge in [0.1, 0.15) is 22.1 Å². The van der Waals surface area contributed by atoms with Crippen molar-refractivity contribution in [1.29, 1.82) is 0 Å². The lowest BCUT2D eigenvalue weighted by Gasteiger charge is -2.49. The highest BCUT2D eigenvalue weighted by atomic mass is 35.5. The van der Waals surface area contributed by atoms with Crippen LogP contribution in [0, 0.1) is 5.82 Å². The number of nitrogens with one attached hydrogen (secondary N) is 2. The monoisotopic (exact) mass is 537 g/mol. The summed E-state index contributed by atoms with van der Waals surface area (Å²) in [5, 5.41) is 15.3. The second-order valence-electron chi connectivity index (χ2n) is 9.27. The first-order valence-corrected chi connectivity index (χ1v) is 13.1. The molecule has 0 aliphatic carbocycles. The number of carboxylic acid groups (broad SMARTS) is 1. The SMILES string of the molecule is CN1CCC2(CC1)C(=NC(=O)O)NC(C)(c1cc(NC(=O)c3ccc(Cl)cn3)ccc1F)CS2(=O)=O. The Bertz CT molecular complexity index is 1340. The molecule has 0 saturated carbocycles. The summed E-state index contributed by atoms with van der Waals surface area (Å²) in [5.74, 6) is -2.00. The molecule has 192 valence electrons. The van der Waals surface area contributed by atoms with Gasteiger partial charge >= 0.3 is 6.09 Å². The number of rotatable bonds is 3. The molecular formula is C23H25ClFN5O5S. The van der Waals surface area contributed by atoms with E-state index in [1.54, 1.807) is 0 Å². The van der Waals surface area contributed by atoms with E-state index < -0.39 is 43.7 Å². The molecule has 2 fully saturated rings. The van der Waals surface area contributed by atoms with E-state index in [1.807, 2.05) is 11.9 Å². The minimum atomic E-state index is -3.98. The lowest BCUT2D eigenvalue weighted by atomic mass is 9.88. The Morgan fingerprint density at radius 1 is 1.25 bits per heavy atom. The smallest absolute Gasteiger partial charge is 0.432 e. The van der Waals surface area contributed by atoms with Crippen LogP contribution in [0.25, 0.3) is 0 Å². The number of hydrogen-bond donors (Lipinski definition) is 3. The molecule has 1 aromatic carbocycles. The largest absolute Gasteiger partial charge is 0.463 e. The van der Waals surface area contributed by atoms with Gasteiger partial charge in [0, 0.05) is 17.4 Å². The molecule has 10 nitrogen and oxygen atoms in total. The number of hydrogen-bond acceptors (Lipinski definition) is 6. The van der Waals surface area contributed by atoms with E-state index in [0.29, 0.717) is 18.1 Å². The molecule has 36 heavy (non-hydrogen) atoms. The van der Waals surface area contributed by atoms with Gasteiger partial charge in [0.2, 0.25) is 0 Å². The quantitative estimate of drug-likeness (QED) is 0.542. The van der Waals surface area contributed by atoms with Gasteiger partial charge in [-0.1, -0.05) is 11.6 Å². The maximum atomic E-state index is 15.1. The normalized spacial score (nSPS) is 24.3. The fourth-order valence-corrected chi connectivity index (χ4v) is 7.28. The number of benzene rings is 1. The Balaban J connectivity index is 1.71. The molecule has 1 atom stereocenters. The lowest BCUT2D eigenvalue weighted by Crippen LogP contribution is -2.68. The van der Waals surface area contributed by atoms with E-state index in [0.717, 1.165) is 6.07 Å². The summed E-state index contributed by atoms with van der Waals surface area (Å²) in [6.07, 6.45) is 0.0840. The van der Waals surface area contributed by atoms with Gasteiger partial charge in [0.05, 0.1) is 16.3 Å². The topological polar surface area (TPSA) is 141 Å². The third-order valence-electron chi connectivity index (χ3n) is 6.68. The van der Waals surface area contributed by atoms with Crippen LogP contribution in [0.3, 0.4) is 0 Å². The number of aromatic nitrogens is 1. The first-order valence-electron chi connectivity index (χ1n) is 11.1. The third kappa shape index (κ3) is 4.80. The predicted molar refractivity (Wildman–Crippen MR) is 133 cm³/mol. The first kappa shape index (κ1) is 26.0. The van der Waals surface area contributed by atoms with Crippen molar-refractivity contribution in [3.8, 4) is 0 Å². The van der Waals surface area contributed by atoms with Crippen molar-refractivity contribution in [2.75, 3.05) is 31.2 Å². The number of anilines is 1. The van der Waals surface area contributed by atoms with Crippen molar-refractivity contribution in [2.24, 2.45) is 4.99 Å². The second kappa shape index (κ2) is 9.41. The Kier molecular flexibility index (Phi) is 6.80. The van der Waals surface area contributed by atoms with E-state index in [1.165, 1.54) is 37.4 Å². The van der Waals surface area contributed by atoms with E-state index in [9.17, 15) is 23.1 Å². The standard InChI is InChI=1S/C23H25ClFN5O5S/c1-22(13-36(34,35)23(7-9-30(2)10-8-23)20(29-22)28-21(32)33)16-11-15(4-5-17(16)25)27-19(31)18-6-3-14(24)12-26-18/h3-6,11-12H,7-10,13H2,1-2H3,(H,27,31)(H,28,29)(H,32,33). The highest BCUT2D eigenvalue weighted by molar-refractivity contribution is 7.93. The number of nitrogens with zero attached hydrogens (tertiary/aromatic N) is 3. The predicted octanol–water partition coefficient (Wildman–Crippen LogP) is 2.90. The van der Waals surface area contributed by atoms with Gasteiger partial charge in [-0.2, -0.15) is 4.99 Å². The van der Waals surface area contributed by atoms with Crippen LogP contribution in [-0.2, 0) is 15.4 Å². The fourth-order valence-electron chi connectivity index (χ4n) is 4.71. The van der Waals surface area contributed by atoms with Crippen LogP contribution < -0.4 is 10.6 Å². The molecule has 1 spiro atoms. The van der Waals surface area contributed by atoms with Crippen LogP contribution >= 0.6 is 11.6 Å². The number of sulfone groups is 1. The summed E-state index contributed by atoms with van der Waals surface area (Å²) in [5.41, 5.74) is -1.33. The highest BCUT2D eigenvalue weighted by Crippen LogP contribution is 2.41. The summed E-state index contributed by atoms with van der Waals surface area (Å²) in [6.45, 7) is 2.34. The van der Waals surface area contributed by atoms with E-state index >= 15 is 4.39 Å². The number of pyridine rings is 1. The number of halogens is 2. The van der Waals surface area contributed by atoms with Gasteiger partial charge in [-0.3, -0.25) is 4.79 Å². The van der Waals surface area contributed by atoms with Crippen molar-refractivity contribution in [3.63, 3.8) is 0 Å². The van der Waals surface area contributed by atoms with Crippen molar-refractivity contribution >= 4 is 45.0 Å². The van der Waals surface area contributed by atoms with Gasteiger partial charge in [0.25, 0.3) is 5.91 Å². The average molecular weight is 538 g/mol. The number of amides is 2. The van der Waals surface area contributed by atoms with E-state index in [4.69, 9.17) is 11.6 Å². The van der Waals surface area contributed by atoms with Gasteiger partial charge in [0.15, 0.2) is 9.84 Å². The van der Waals surface area contributed by atoms with Crippen molar-refractivity contribution in [2.45, 2.75) is 30.1 Å². The molecule has 2 aliphatic heterocycles. The molecule has 2 aliphatic rings. The third-order valence-corrected chi connectivity index (χ3v) is 9.65. The zero-order valence-electron chi connectivity index (χ0n) is 19.6. The maximum absolute atomic E-state index is 15.1. The number of aliphatic imine (C=N–C) groups is 1. The highest BCUT2D eigenvalue weighted by Gasteiger charge is 2.58. The number of likely N-dealkylation sites (tertiary alicyclic amines) is 1. The van der Waals surface area contributed by atoms with Crippen LogP contribution in [0.4, 0.5) is 14.9 Å². The Morgan fingerprint density at radius 3 is 2.56 bits per heavy atom. The zero-order chi connectivity index (χ0) is 26.3. The Labute approximate surface area is 212 Å². The summed E-state index contributed by atoms with van der Waals surface area (Å²) >= 11 is 5.80. The maximum Gasteiger partial charge on any atom is 0.432 e. The Hall–Kier alpha value is -3.09. The average Bonchev–Trinajstić information content (AvgIpc) is 2.79. The lowest BCUT2D eigenvalue weighted by molar-refractivity contribution is 0.102. The number of piperidine rings is 1. The summed E-state index contributed by atoms with van der Waals surface area (Å²) in [6, 6.07) is 6.68. The van der Waals surface area contributed by atoms with Crippen LogP contribution in [0.1, 0.15) is 35.8 Å². The first-order chi connectivity index (χ1) is 16.8. The van der Waals surface area contributed by atoms with Crippen molar-refractivity contribution in [1.82, 2.24) is 15.2 Å². The molecule has 2 aromatic rings. The molecule has 4 rings (SSSR count). The number of amidine groups is 1. The van der Waals surface area contributed by atoms with E-state index in [-0.39, 0.29) is 35.6 Å². The zero-order valence-corrected chi connectivity index (χ0v) is 21.2. The number of carbonyl (C=O) groups excluding carboxylic acids is 1. The van der Waals surface area contributed by atoms with E-state index in [2.05, 4.69) is 20.6 Å². The molecule has 1 aromatic heterocycles. The van der Waals surface area contributed by atoms with Crippen molar-refractivity contribution < 1.29 is 27.5 Å². The van der Waals surface area contributed by atoms with Gasteiger partial charge < -0.3 is 20.6 Å².